The molecule has 0 bridgehead atoms. The number of benzene rings is 1. The molecule has 1 aliphatic rings. The van der Waals surface area contributed by atoms with Crippen molar-refractivity contribution < 1.29 is 9.13 Å². The van der Waals surface area contributed by atoms with Crippen molar-refractivity contribution in [3.05, 3.63) is 29.8 Å². The van der Waals surface area contributed by atoms with E-state index in [0.717, 1.165) is 32.0 Å². The fraction of sp³-hybridized carbons (Fsp3) is 0.538. The van der Waals surface area contributed by atoms with Gasteiger partial charge in [0, 0.05) is 18.8 Å². The van der Waals surface area contributed by atoms with Crippen LogP contribution in [0.5, 0.6) is 0 Å². The van der Waals surface area contributed by atoms with Crippen molar-refractivity contribution in [2.45, 2.75) is 12.6 Å². The molecule has 0 aromatic heterocycles. The molecule has 3 nitrogen and oxygen atoms in total. The minimum Gasteiger partial charge on any atom is -0.378 e. The first-order valence-corrected chi connectivity index (χ1v) is 6.08. The van der Waals surface area contributed by atoms with Crippen LogP contribution in [-0.2, 0) is 4.74 Å². The maximum atomic E-state index is 13.6. The van der Waals surface area contributed by atoms with E-state index in [1.54, 1.807) is 0 Å². The lowest BCUT2D eigenvalue weighted by atomic mass is 10.1. The summed E-state index contributed by atoms with van der Waals surface area (Å²) in [5.41, 5.74) is 7.20. The molecule has 0 saturated carbocycles. The predicted molar refractivity (Wildman–Crippen MR) is 67.0 cm³/mol. The Kier molecular flexibility index (Phi) is 4.34. The Morgan fingerprint density at radius 1 is 1.24 bits per heavy atom. The Morgan fingerprint density at radius 2 is 1.88 bits per heavy atom. The largest absolute Gasteiger partial charge is 0.378 e. The standard InChI is InChI=1S/C13H19FN2O/c14-13(5-6-15)11-1-3-12(4-2-11)16-7-9-17-10-8-16/h1-4,13H,5-10,15H2. The summed E-state index contributed by atoms with van der Waals surface area (Å²) in [6, 6.07) is 7.66. The lowest BCUT2D eigenvalue weighted by Crippen LogP contribution is -2.36. The Balaban J connectivity index is 2.01. The predicted octanol–water partition coefficient (Wildman–Crippen LogP) is 1.88. The highest BCUT2D eigenvalue weighted by Gasteiger charge is 2.12. The number of hydrogen-bond donors (Lipinski definition) is 1. The summed E-state index contributed by atoms with van der Waals surface area (Å²) in [4.78, 5) is 2.25. The molecule has 4 heteroatoms. The fourth-order valence-corrected chi connectivity index (χ4v) is 2.03. The molecule has 1 aliphatic heterocycles. The van der Waals surface area contributed by atoms with Crippen LogP contribution in [0.25, 0.3) is 0 Å². The van der Waals surface area contributed by atoms with Crippen LogP contribution in [0, 0.1) is 0 Å². The molecule has 2 N–H and O–H groups in total. The number of hydrogen-bond acceptors (Lipinski definition) is 3. The zero-order valence-electron chi connectivity index (χ0n) is 9.94. The molecule has 1 heterocycles. The van der Waals surface area contributed by atoms with E-state index in [1.165, 1.54) is 0 Å². The van der Waals surface area contributed by atoms with E-state index in [1.807, 2.05) is 24.3 Å². The molecule has 0 aliphatic carbocycles. The fourth-order valence-electron chi connectivity index (χ4n) is 2.03. The number of alkyl halides is 1. The number of halogens is 1. The van der Waals surface area contributed by atoms with Crippen LogP contribution in [0.1, 0.15) is 18.2 Å². The van der Waals surface area contributed by atoms with Crippen LogP contribution in [-0.4, -0.2) is 32.8 Å². The zero-order valence-corrected chi connectivity index (χ0v) is 9.94. The van der Waals surface area contributed by atoms with Gasteiger partial charge in [-0.05, 0) is 30.7 Å². The van der Waals surface area contributed by atoms with Gasteiger partial charge in [-0.15, -0.1) is 0 Å². The van der Waals surface area contributed by atoms with Crippen molar-refractivity contribution in [1.29, 1.82) is 0 Å². The van der Waals surface area contributed by atoms with Crippen LogP contribution in [0.3, 0.4) is 0 Å². The summed E-state index contributed by atoms with van der Waals surface area (Å²) in [7, 11) is 0. The lowest BCUT2D eigenvalue weighted by molar-refractivity contribution is 0.122. The SMILES string of the molecule is NCCC(F)c1ccc(N2CCOCC2)cc1. The quantitative estimate of drug-likeness (QED) is 0.870. The average Bonchev–Trinajstić information content (AvgIpc) is 2.40. The van der Waals surface area contributed by atoms with Gasteiger partial charge in [0.25, 0.3) is 0 Å². The van der Waals surface area contributed by atoms with E-state index < -0.39 is 6.17 Å². The van der Waals surface area contributed by atoms with Crippen LogP contribution >= 0.6 is 0 Å². The van der Waals surface area contributed by atoms with E-state index in [0.29, 0.717) is 18.5 Å². The maximum Gasteiger partial charge on any atom is 0.126 e. The van der Waals surface area contributed by atoms with Gasteiger partial charge in [-0.25, -0.2) is 4.39 Å². The van der Waals surface area contributed by atoms with Gasteiger partial charge in [0.2, 0.25) is 0 Å². The lowest BCUT2D eigenvalue weighted by Gasteiger charge is -2.29. The topological polar surface area (TPSA) is 38.5 Å². The maximum absolute atomic E-state index is 13.6. The third-order valence-electron chi connectivity index (χ3n) is 3.05. The van der Waals surface area contributed by atoms with Crippen molar-refractivity contribution in [1.82, 2.24) is 0 Å². The molecule has 0 spiro atoms. The average molecular weight is 238 g/mol. The van der Waals surface area contributed by atoms with E-state index in [4.69, 9.17) is 10.5 Å². The highest BCUT2D eigenvalue weighted by molar-refractivity contribution is 5.48. The van der Waals surface area contributed by atoms with Crippen LogP contribution in [0.4, 0.5) is 10.1 Å². The van der Waals surface area contributed by atoms with E-state index in [-0.39, 0.29) is 0 Å². The van der Waals surface area contributed by atoms with Gasteiger partial charge in [0.15, 0.2) is 0 Å². The second-order valence-electron chi connectivity index (χ2n) is 4.24. The monoisotopic (exact) mass is 238 g/mol. The molecule has 1 saturated heterocycles. The first kappa shape index (κ1) is 12.3. The van der Waals surface area contributed by atoms with Crippen LogP contribution in [0.15, 0.2) is 24.3 Å². The Labute approximate surface area is 101 Å². The van der Waals surface area contributed by atoms with Gasteiger partial charge < -0.3 is 15.4 Å². The Hall–Kier alpha value is -1.13. The number of morpholine rings is 1. The second-order valence-corrected chi connectivity index (χ2v) is 4.24. The normalized spacial score (nSPS) is 18.1. The number of nitrogens with zero attached hydrogens (tertiary/aromatic N) is 1. The van der Waals surface area contributed by atoms with E-state index in [2.05, 4.69) is 4.90 Å². The summed E-state index contributed by atoms with van der Waals surface area (Å²) in [6.07, 6.45) is -0.560. The highest BCUT2D eigenvalue weighted by atomic mass is 19.1. The Bertz CT molecular complexity index is 336. The van der Waals surface area contributed by atoms with Crippen molar-refractivity contribution in [3.8, 4) is 0 Å². The number of anilines is 1. The second kappa shape index (κ2) is 5.98. The zero-order chi connectivity index (χ0) is 12.1. The molecule has 0 amide bonds. The molecule has 0 radical (unpaired) electrons. The van der Waals surface area contributed by atoms with Gasteiger partial charge in [-0.2, -0.15) is 0 Å². The number of nitrogens with two attached hydrogens (primary N) is 1. The summed E-state index contributed by atoms with van der Waals surface area (Å²) in [5.74, 6) is 0. The van der Waals surface area contributed by atoms with Gasteiger partial charge in [-0.1, -0.05) is 12.1 Å². The summed E-state index contributed by atoms with van der Waals surface area (Å²) in [5, 5.41) is 0. The van der Waals surface area contributed by atoms with Crippen molar-refractivity contribution in [3.63, 3.8) is 0 Å². The summed E-state index contributed by atoms with van der Waals surface area (Å²) in [6.45, 7) is 3.72. The van der Waals surface area contributed by atoms with E-state index >= 15 is 0 Å². The third kappa shape index (κ3) is 3.17. The molecular formula is C13H19FN2O. The van der Waals surface area contributed by atoms with Gasteiger partial charge in [0.1, 0.15) is 6.17 Å². The molecule has 1 aromatic carbocycles. The molecule has 17 heavy (non-hydrogen) atoms. The van der Waals surface area contributed by atoms with Crippen molar-refractivity contribution >= 4 is 5.69 Å². The minimum absolute atomic E-state index is 0.381. The molecule has 2 rings (SSSR count). The van der Waals surface area contributed by atoms with E-state index in [9.17, 15) is 4.39 Å². The number of rotatable bonds is 4. The molecular weight excluding hydrogens is 219 g/mol. The van der Waals surface area contributed by atoms with Gasteiger partial charge in [0.05, 0.1) is 13.2 Å². The summed E-state index contributed by atoms with van der Waals surface area (Å²) < 4.78 is 18.9. The molecule has 94 valence electrons. The van der Waals surface area contributed by atoms with Crippen molar-refractivity contribution in [2.24, 2.45) is 5.73 Å². The van der Waals surface area contributed by atoms with Crippen LogP contribution < -0.4 is 10.6 Å². The Morgan fingerprint density at radius 3 is 2.47 bits per heavy atom. The molecule has 1 aromatic rings. The molecule has 1 fully saturated rings. The first-order valence-electron chi connectivity index (χ1n) is 6.08. The molecule has 1 atom stereocenters. The summed E-state index contributed by atoms with van der Waals surface area (Å²) >= 11 is 0. The van der Waals surface area contributed by atoms with Gasteiger partial charge in [-0.3, -0.25) is 0 Å². The first-order chi connectivity index (χ1) is 8.31. The smallest absolute Gasteiger partial charge is 0.126 e. The number of ether oxygens (including phenoxy) is 1. The van der Waals surface area contributed by atoms with Crippen LogP contribution in [0.2, 0.25) is 0 Å². The highest BCUT2D eigenvalue weighted by Crippen LogP contribution is 2.24. The molecule has 1 unspecified atom stereocenters. The minimum atomic E-state index is -0.946. The van der Waals surface area contributed by atoms with Gasteiger partial charge >= 0.3 is 0 Å². The van der Waals surface area contributed by atoms with Crippen molar-refractivity contribution in [2.75, 3.05) is 37.7 Å². The third-order valence-corrected chi connectivity index (χ3v) is 3.05.